The average Bonchev–Trinajstić information content (AvgIpc) is 2.82. The first-order chi connectivity index (χ1) is 16.6. The van der Waals surface area contributed by atoms with Crippen molar-refractivity contribution in [2.75, 3.05) is 31.0 Å². The molecule has 1 heterocycles. The molecule has 1 amide bonds. The van der Waals surface area contributed by atoms with E-state index in [0.717, 1.165) is 11.1 Å². The molecular formula is C26H32N4O5. The monoisotopic (exact) mass is 480 g/mol. The lowest BCUT2D eigenvalue weighted by Gasteiger charge is -2.25. The summed E-state index contributed by atoms with van der Waals surface area (Å²) >= 11 is 0. The van der Waals surface area contributed by atoms with Gasteiger partial charge in [-0.3, -0.25) is 24.0 Å². The lowest BCUT2D eigenvalue weighted by atomic mass is 9.87. The molecule has 0 aliphatic rings. The summed E-state index contributed by atoms with van der Waals surface area (Å²) in [6.45, 7) is 6.41. The van der Waals surface area contributed by atoms with Crippen LogP contribution >= 0.6 is 0 Å². The third-order valence-corrected chi connectivity index (χ3v) is 5.57. The van der Waals surface area contributed by atoms with Gasteiger partial charge in [-0.1, -0.05) is 63.2 Å². The van der Waals surface area contributed by atoms with E-state index in [1.807, 2.05) is 54.6 Å². The molecule has 2 aromatic carbocycles. The van der Waals surface area contributed by atoms with Gasteiger partial charge in [-0.25, -0.2) is 4.79 Å². The first kappa shape index (κ1) is 25.8. The highest BCUT2D eigenvalue weighted by atomic mass is 16.5. The molecule has 0 atom stereocenters. The maximum absolute atomic E-state index is 13.3. The summed E-state index contributed by atoms with van der Waals surface area (Å²) < 4.78 is 12.0. The van der Waals surface area contributed by atoms with E-state index < -0.39 is 17.2 Å². The van der Waals surface area contributed by atoms with Crippen molar-refractivity contribution in [1.29, 1.82) is 0 Å². The molecule has 0 aliphatic heterocycles. The summed E-state index contributed by atoms with van der Waals surface area (Å²) in [7, 11) is 1.49. The summed E-state index contributed by atoms with van der Waals surface area (Å²) in [5, 5.41) is 0. The van der Waals surface area contributed by atoms with Crippen LogP contribution < -0.4 is 26.6 Å². The van der Waals surface area contributed by atoms with Gasteiger partial charge < -0.3 is 15.2 Å². The molecule has 0 fully saturated rings. The van der Waals surface area contributed by atoms with Crippen molar-refractivity contribution >= 4 is 17.4 Å². The van der Waals surface area contributed by atoms with Crippen LogP contribution in [0.2, 0.25) is 0 Å². The van der Waals surface area contributed by atoms with Crippen molar-refractivity contribution in [3.8, 4) is 5.75 Å². The Morgan fingerprint density at radius 2 is 1.71 bits per heavy atom. The summed E-state index contributed by atoms with van der Waals surface area (Å²) in [5.74, 6) is -0.0736. The van der Waals surface area contributed by atoms with E-state index in [2.05, 4.69) is 25.8 Å². The number of H-pyrrole nitrogens is 1. The SMILES string of the molecule is COCCn1c(N)c(N(Cc2ccccc2)C(=O)COc2ccc(C(C)(C)C)cc2)c(=O)[nH]c1=O. The van der Waals surface area contributed by atoms with E-state index in [0.29, 0.717) is 5.75 Å². The second-order valence-electron chi connectivity index (χ2n) is 9.17. The molecule has 9 nitrogen and oxygen atoms in total. The third kappa shape index (κ3) is 6.39. The van der Waals surface area contributed by atoms with E-state index in [1.165, 1.54) is 16.6 Å². The number of methoxy groups -OCH3 is 1. The minimum Gasteiger partial charge on any atom is -0.484 e. The number of nitrogens with zero attached hydrogens (tertiary/aromatic N) is 2. The molecule has 3 rings (SSSR count). The fourth-order valence-electron chi connectivity index (χ4n) is 3.57. The normalized spacial score (nSPS) is 11.3. The van der Waals surface area contributed by atoms with Gasteiger partial charge in [-0.2, -0.15) is 0 Å². The Morgan fingerprint density at radius 3 is 2.31 bits per heavy atom. The quantitative estimate of drug-likeness (QED) is 0.486. The molecule has 0 radical (unpaired) electrons. The average molecular weight is 481 g/mol. The molecular weight excluding hydrogens is 448 g/mol. The number of hydrogen-bond acceptors (Lipinski definition) is 6. The van der Waals surface area contributed by atoms with Crippen molar-refractivity contribution < 1.29 is 14.3 Å². The van der Waals surface area contributed by atoms with Gasteiger partial charge in [0.1, 0.15) is 11.6 Å². The van der Waals surface area contributed by atoms with E-state index in [-0.39, 0.29) is 43.2 Å². The zero-order valence-corrected chi connectivity index (χ0v) is 20.5. The molecule has 186 valence electrons. The van der Waals surface area contributed by atoms with Gasteiger partial charge in [-0.05, 0) is 28.7 Å². The molecule has 9 heteroatoms. The van der Waals surface area contributed by atoms with Crippen LogP contribution in [-0.4, -0.2) is 35.8 Å². The Morgan fingerprint density at radius 1 is 1.06 bits per heavy atom. The fraction of sp³-hybridized carbons (Fsp3) is 0.346. The highest BCUT2D eigenvalue weighted by molar-refractivity contribution is 5.96. The van der Waals surface area contributed by atoms with Gasteiger partial charge in [0.15, 0.2) is 12.3 Å². The minimum atomic E-state index is -0.750. The summed E-state index contributed by atoms with van der Waals surface area (Å²) in [6.07, 6.45) is 0. The number of nitrogen functional groups attached to an aromatic ring is 1. The Bertz CT molecular complexity index is 1260. The highest BCUT2D eigenvalue weighted by Gasteiger charge is 2.25. The molecule has 3 aromatic rings. The second kappa shape index (κ2) is 11.1. The van der Waals surface area contributed by atoms with Crippen LogP contribution in [0, 0.1) is 0 Å². The number of aromatic nitrogens is 2. The standard InChI is InChI=1S/C26H32N4O5/c1-26(2,3)19-10-12-20(13-11-19)35-17-21(31)30(16-18-8-6-5-7-9-18)22-23(27)29(14-15-34-4)25(33)28-24(22)32/h5-13H,14-17,27H2,1-4H3,(H,28,32,33). The molecule has 0 saturated heterocycles. The maximum atomic E-state index is 13.3. The summed E-state index contributed by atoms with van der Waals surface area (Å²) in [6, 6.07) is 16.7. The van der Waals surface area contributed by atoms with Crippen molar-refractivity contribution in [3.05, 3.63) is 86.6 Å². The molecule has 0 bridgehead atoms. The topological polar surface area (TPSA) is 120 Å². The maximum Gasteiger partial charge on any atom is 0.330 e. The number of carbonyl (C=O) groups is 1. The minimum absolute atomic E-state index is 0.00863. The van der Waals surface area contributed by atoms with Crippen molar-refractivity contribution in [2.24, 2.45) is 0 Å². The van der Waals surface area contributed by atoms with E-state index in [4.69, 9.17) is 15.2 Å². The number of aromatic amines is 1. The summed E-state index contributed by atoms with van der Waals surface area (Å²) in [4.78, 5) is 42.0. The third-order valence-electron chi connectivity index (χ3n) is 5.57. The van der Waals surface area contributed by atoms with Gasteiger partial charge in [0.05, 0.1) is 19.7 Å². The largest absolute Gasteiger partial charge is 0.484 e. The van der Waals surface area contributed by atoms with Gasteiger partial charge in [-0.15, -0.1) is 0 Å². The van der Waals surface area contributed by atoms with Gasteiger partial charge in [0.2, 0.25) is 0 Å². The fourth-order valence-corrected chi connectivity index (χ4v) is 3.57. The van der Waals surface area contributed by atoms with Crippen LogP contribution in [-0.2, 0) is 28.0 Å². The first-order valence-electron chi connectivity index (χ1n) is 11.3. The Kier molecular flexibility index (Phi) is 8.14. The number of ether oxygens (including phenoxy) is 2. The zero-order chi connectivity index (χ0) is 25.6. The molecule has 3 N–H and O–H groups in total. The first-order valence-corrected chi connectivity index (χ1v) is 11.3. The number of rotatable bonds is 9. The number of benzene rings is 2. The zero-order valence-electron chi connectivity index (χ0n) is 20.5. The molecule has 0 saturated carbocycles. The number of carbonyl (C=O) groups excluding carboxylic acids is 1. The lowest BCUT2D eigenvalue weighted by molar-refractivity contribution is -0.120. The number of nitrogens with one attached hydrogen (secondary N) is 1. The van der Waals surface area contributed by atoms with Gasteiger partial charge >= 0.3 is 5.69 Å². The van der Waals surface area contributed by atoms with E-state index >= 15 is 0 Å². The predicted octanol–water partition coefficient (Wildman–Crippen LogP) is 2.67. The van der Waals surface area contributed by atoms with Gasteiger partial charge in [0, 0.05) is 7.11 Å². The lowest BCUT2D eigenvalue weighted by Crippen LogP contribution is -2.42. The van der Waals surface area contributed by atoms with Crippen LogP contribution in [0.25, 0.3) is 0 Å². The molecule has 1 aromatic heterocycles. The van der Waals surface area contributed by atoms with Crippen LogP contribution in [0.1, 0.15) is 31.9 Å². The van der Waals surface area contributed by atoms with Crippen molar-refractivity contribution in [2.45, 2.75) is 39.3 Å². The number of hydrogen-bond donors (Lipinski definition) is 2. The second-order valence-corrected chi connectivity index (χ2v) is 9.17. The molecule has 35 heavy (non-hydrogen) atoms. The van der Waals surface area contributed by atoms with Crippen LogP contribution in [0.4, 0.5) is 11.5 Å². The number of anilines is 2. The number of amides is 1. The Balaban J connectivity index is 1.92. The van der Waals surface area contributed by atoms with Crippen molar-refractivity contribution in [1.82, 2.24) is 9.55 Å². The smallest absolute Gasteiger partial charge is 0.330 e. The van der Waals surface area contributed by atoms with Crippen LogP contribution in [0.15, 0.2) is 64.2 Å². The Hall–Kier alpha value is -3.85. The summed E-state index contributed by atoms with van der Waals surface area (Å²) in [5.41, 5.74) is 6.62. The molecule has 0 unspecified atom stereocenters. The van der Waals surface area contributed by atoms with Gasteiger partial charge in [0.25, 0.3) is 11.5 Å². The molecule has 0 spiro atoms. The van der Waals surface area contributed by atoms with Crippen molar-refractivity contribution in [3.63, 3.8) is 0 Å². The molecule has 0 aliphatic carbocycles. The van der Waals surface area contributed by atoms with Crippen LogP contribution in [0.5, 0.6) is 5.75 Å². The van der Waals surface area contributed by atoms with E-state index in [9.17, 15) is 14.4 Å². The Labute approximate surface area is 204 Å². The predicted molar refractivity (Wildman–Crippen MR) is 136 cm³/mol. The number of nitrogens with two attached hydrogens (primary N) is 1. The van der Waals surface area contributed by atoms with E-state index in [1.54, 1.807) is 0 Å². The highest BCUT2D eigenvalue weighted by Crippen LogP contribution is 2.25. The van der Waals surface area contributed by atoms with Crippen LogP contribution in [0.3, 0.4) is 0 Å².